The van der Waals surface area contributed by atoms with Crippen LogP contribution in [-0.4, -0.2) is 31.7 Å². The number of nitrogens with one attached hydrogen (secondary N) is 2. The normalized spacial score (nSPS) is 22.4. The Bertz CT molecular complexity index is 439. The number of carbonyl (C=O) groups excluding carboxylic acids is 1. The monoisotopic (exact) mass is 282 g/mol. The van der Waals surface area contributed by atoms with Crippen molar-refractivity contribution in [3.63, 3.8) is 0 Å². The average molecular weight is 283 g/mol. The molecule has 1 fully saturated rings. The predicted molar refractivity (Wildman–Crippen MR) is 76.5 cm³/mol. The maximum Gasteiger partial charge on any atom is 0.238 e. The number of benzene rings is 1. The number of anilines is 1. The highest BCUT2D eigenvalue weighted by atomic mass is 35.5. The van der Waals surface area contributed by atoms with Gasteiger partial charge in [-0.2, -0.15) is 0 Å². The lowest BCUT2D eigenvalue weighted by molar-refractivity contribution is -0.115. The van der Waals surface area contributed by atoms with Gasteiger partial charge < -0.3 is 15.4 Å². The molecule has 0 spiro atoms. The molecule has 1 saturated heterocycles. The first-order valence-electron chi connectivity index (χ1n) is 6.53. The molecular weight excluding hydrogens is 264 g/mol. The van der Waals surface area contributed by atoms with Crippen LogP contribution in [0.1, 0.15) is 13.3 Å². The van der Waals surface area contributed by atoms with E-state index in [0.29, 0.717) is 17.5 Å². The van der Waals surface area contributed by atoms with Crippen LogP contribution >= 0.6 is 11.6 Å². The summed E-state index contributed by atoms with van der Waals surface area (Å²) in [5.74, 6) is 0.438. The van der Waals surface area contributed by atoms with Gasteiger partial charge in [0.2, 0.25) is 5.91 Å². The molecule has 2 rings (SSSR count). The number of carbonyl (C=O) groups is 1. The maximum absolute atomic E-state index is 11.7. The predicted octanol–water partition coefficient (Wildman–Crippen LogP) is 2.29. The van der Waals surface area contributed by atoms with Crippen molar-refractivity contribution >= 4 is 23.2 Å². The lowest BCUT2D eigenvalue weighted by atomic mass is 10.0. The Kier molecular flexibility index (Phi) is 5.19. The maximum atomic E-state index is 11.7. The van der Waals surface area contributed by atoms with E-state index in [-0.39, 0.29) is 12.0 Å². The Balaban J connectivity index is 1.70. The second kappa shape index (κ2) is 6.89. The van der Waals surface area contributed by atoms with Crippen LogP contribution in [0.25, 0.3) is 0 Å². The van der Waals surface area contributed by atoms with Gasteiger partial charge >= 0.3 is 0 Å². The minimum atomic E-state index is -0.0613. The largest absolute Gasteiger partial charge is 0.378 e. The van der Waals surface area contributed by atoms with Crippen LogP contribution in [0.4, 0.5) is 5.69 Å². The number of ether oxygens (including phenoxy) is 1. The number of amides is 1. The Hall–Kier alpha value is -1.10. The third kappa shape index (κ3) is 4.49. The summed E-state index contributed by atoms with van der Waals surface area (Å²) in [6.45, 7) is 4.01. The molecule has 104 valence electrons. The number of halogens is 1. The summed E-state index contributed by atoms with van der Waals surface area (Å²) in [6.07, 6.45) is 1.34. The molecule has 0 saturated carbocycles. The number of rotatable bonds is 5. The zero-order chi connectivity index (χ0) is 13.7. The third-order valence-corrected chi connectivity index (χ3v) is 3.57. The van der Waals surface area contributed by atoms with E-state index in [2.05, 4.69) is 17.6 Å². The molecular formula is C14H19ClN2O2. The van der Waals surface area contributed by atoms with Crippen molar-refractivity contribution in [2.45, 2.75) is 19.4 Å². The van der Waals surface area contributed by atoms with Crippen molar-refractivity contribution < 1.29 is 9.53 Å². The van der Waals surface area contributed by atoms with Crippen LogP contribution in [-0.2, 0) is 9.53 Å². The lowest BCUT2D eigenvalue weighted by Crippen LogP contribution is -2.33. The van der Waals surface area contributed by atoms with E-state index in [1.54, 1.807) is 12.1 Å². The first kappa shape index (κ1) is 14.3. The van der Waals surface area contributed by atoms with E-state index in [9.17, 15) is 4.79 Å². The smallest absolute Gasteiger partial charge is 0.238 e. The second-order valence-corrected chi connectivity index (χ2v) is 5.25. The van der Waals surface area contributed by atoms with Crippen LogP contribution in [0.5, 0.6) is 0 Å². The summed E-state index contributed by atoms with van der Waals surface area (Å²) in [5, 5.41) is 6.58. The van der Waals surface area contributed by atoms with Crippen LogP contribution < -0.4 is 10.6 Å². The molecule has 1 aromatic carbocycles. The van der Waals surface area contributed by atoms with Crippen LogP contribution in [0.15, 0.2) is 24.3 Å². The molecule has 0 aromatic heterocycles. The minimum Gasteiger partial charge on any atom is -0.378 e. The highest BCUT2D eigenvalue weighted by molar-refractivity contribution is 6.30. The van der Waals surface area contributed by atoms with E-state index in [0.717, 1.165) is 25.3 Å². The van der Waals surface area contributed by atoms with Gasteiger partial charge in [0, 0.05) is 23.9 Å². The third-order valence-electron chi connectivity index (χ3n) is 3.33. The van der Waals surface area contributed by atoms with Crippen molar-refractivity contribution in [2.24, 2.45) is 5.92 Å². The van der Waals surface area contributed by atoms with E-state index in [1.165, 1.54) is 0 Å². The summed E-state index contributed by atoms with van der Waals surface area (Å²) in [7, 11) is 0. The quantitative estimate of drug-likeness (QED) is 0.871. The Morgan fingerprint density at radius 2 is 2.37 bits per heavy atom. The van der Waals surface area contributed by atoms with E-state index < -0.39 is 0 Å². The summed E-state index contributed by atoms with van der Waals surface area (Å²) in [6, 6.07) is 7.13. The SMILES string of the molecule is CC1OCCC1CNCC(=O)Nc1cccc(Cl)c1. The molecule has 1 aliphatic rings. The van der Waals surface area contributed by atoms with Gasteiger partial charge in [-0.1, -0.05) is 17.7 Å². The molecule has 19 heavy (non-hydrogen) atoms. The van der Waals surface area contributed by atoms with Crippen LogP contribution in [0, 0.1) is 5.92 Å². The van der Waals surface area contributed by atoms with Crippen LogP contribution in [0.2, 0.25) is 5.02 Å². The molecule has 0 radical (unpaired) electrons. The first-order chi connectivity index (χ1) is 9.15. The number of hydrogen-bond acceptors (Lipinski definition) is 3. The summed E-state index contributed by atoms with van der Waals surface area (Å²) in [4.78, 5) is 11.7. The average Bonchev–Trinajstić information content (AvgIpc) is 2.75. The highest BCUT2D eigenvalue weighted by Crippen LogP contribution is 2.19. The number of hydrogen-bond donors (Lipinski definition) is 2. The van der Waals surface area contributed by atoms with E-state index >= 15 is 0 Å². The van der Waals surface area contributed by atoms with Gasteiger partial charge in [-0.15, -0.1) is 0 Å². The van der Waals surface area contributed by atoms with Crippen molar-refractivity contribution in [1.29, 1.82) is 0 Å². The van der Waals surface area contributed by atoms with Crippen LogP contribution in [0.3, 0.4) is 0 Å². The van der Waals surface area contributed by atoms with Gasteiger partial charge in [0.05, 0.1) is 12.6 Å². The van der Waals surface area contributed by atoms with Gasteiger partial charge in [0.1, 0.15) is 0 Å². The van der Waals surface area contributed by atoms with E-state index in [4.69, 9.17) is 16.3 Å². The fourth-order valence-electron chi connectivity index (χ4n) is 2.19. The molecule has 2 N–H and O–H groups in total. The van der Waals surface area contributed by atoms with Gasteiger partial charge in [0.15, 0.2) is 0 Å². The molecule has 2 atom stereocenters. The molecule has 1 aliphatic heterocycles. The summed E-state index contributed by atoms with van der Waals surface area (Å²) < 4.78 is 5.48. The lowest BCUT2D eigenvalue weighted by Gasteiger charge is -2.14. The van der Waals surface area contributed by atoms with Gasteiger partial charge in [0.25, 0.3) is 0 Å². The molecule has 5 heteroatoms. The molecule has 2 unspecified atom stereocenters. The van der Waals surface area contributed by atoms with Gasteiger partial charge in [-0.05, 0) is 37.5 Å². The highest BCUT2D eigenvalue weighted by Gasteiger charge is 2.23. The zero-order valence-corrected chi connectivity index (χ0v) is 11.7. The molecule has 4 nitrogen and oxygen atoms in total. The fourth-order valence-corrected chi connectivity index (χ4v) is 2.38. The summed E-state index contributed by atoms with van der Waals surface area (Å²) in [5.41, 5.74) is 0.719. The molecule has 1 heterocycles. The van der Waals surface area contributed by atoms with Crippen molar-refractivity contribution in [2.75, 3.05) is 25.0 Å². The summed E-state index contributed by atoms with van der Waals surface area (Å²) >= 11 is 5.85. The Morgan fingerprint density at radius 1 is 1.53 bits per heavy atom. The van der Waals surface area contributed by atoms with Gasteiger partial charge in [-0.3, -0.25) is 4.79 Å². The topological polar surface area (TPSA) is 50.4 Å². The fraction of sp³-hybridized carbons (Fsp3) is 0.500. The standard InChI is InChI=1S/C14H19ClN2O2/c1-10-11(5-6-19-10)8-16-9-14(18)17-13-4-2-3-12(15)7-13/h2-4,7,10-11,16H,5-6,8-9H2,1H3,(H,17,18). The molecule has 0 bridgehead atoms. The van der Waals surface area contributed by atoms with Crippen molar-refractivity contribution in [3.05, 3.63) is 29.3 Å². The second-order valence-electron chi connectivity index (χ2n) is 4.81. The Morgan fingerprint density at radius 3 is 3.05 bits per heavy atom. The molecule has 1 amide bonds. The Labute approximate surface area is 118 Å². The van der Waals surface area contributed by atoms with Crippen molar-refractivity contribution in [1.82, 2.24) is 5.32 Å². The minimum absolute atomic E-state index is 0.0613. The zero-order valence-electron chi connectivity index (χ0n) is 11.0. The van der Waals surface area contributed by atoms with Crippen molar-refractivity contribution in [3.8, 4) is 0 Å². The van der Waals surface area contributed by atoms with E-state index in [1.807, 2.05) is 12.1 Å². The molecule has 0 aliphatic carbocycles. The molecule has 1 aromatic rings. The van der Waals surface area contributed by atoms with Gasteiger partial charge in [-0.25, -0.2) is 0 Å². The first-order valence-corrected chi connectivity index (χ1v) is 6.90.